The molecule has 7 heteroatoms. The Hall–Kier alpha value is -1.44. The maximum Gasteiger partial charge on any atom is 0.257 e. The molecular weight excluding hydrogens is 270 g/mol. The molecule has 0 fully saturated rings. The number of nitrogens with one attached hydrogen (secondary N) is 3. The first kappa shape index (κ1) is 14.6. The van der Waals surface area contributed by atoms with E-state index < -0.39 is 10.0 Å². The van der Waals surface area contributed by atoms with Crippen LogP contribution in [-0.4, -0.2) is 20.1 Å². The minimum absolute atomic E-state index is 0.173. The van der Waals surface area contributed by atoms with E-state index in [0.717, 1.165) is 5.56 Å². The summed E-state index contributed by atoms with van der Waals surface area (Å²) in [6, 6.07) is 6.50. The van der Waals surface area contributed by atoms with Crippen LogP contribution in [0.25, 0.3) is 0 Å². The molecule has 0 spiro atoms. The fourth-order valence-corrected chi connectivity index (χ4v) is 2.15. The Bertz CT molecular complexity index is 524. The zero-order chi connectivity index (χ0) is 13.6. The molecule has 1 aromatic rings. The number of sulfonamides is 1. The molecule has 5 nitrogen and oxygen atoms in total. The second-order valence-corrected chi connectivity index (χ2v) is 5.63. The quantitative estimate of drug-likeness (QED) is 0.425. The third-order valence-corrected chi connectivity index (χ3v) is 3.55. The number of rotatable bonds is 5. The summed E-state index contributed by atoms with van der Waals surface area (Å²) in [5.41, 5.74) is 3.40. The van der Waals surface area contributed by atoms with Crippen molar-refractivity contribution in [1.29, 1.82) is 0 Å². The van der Waals surface area contributed by atoms with Gasteiger partial charge in [-0.1, -0.05) is 23.8 Å². The number of thiocarbonyl (C=S) groups is 1. The van der Waals surface area contributed by atoms with Crippen LogP contribution in [0.2, 0.25) is 0 Å². The van der Waals surface area contributed by atoms with Crippen LogP contribution in [0.4, 0.5) is 0 Å². The lowest BCUT2D eigenvalue weighted by atomic mass is 10.2. The lowest BCUT2D eigenvalue weighted by Crippen LogP contribution is -2.46. The molecule has 0 heterocycles. The lowest BCUT2D eigenvalue weighted by Gasteiger charge is -2.11. The molecule has 0 aromatic heterocycles. The number of hydrogen-bond acceptors (Lipinski definition) is 3. The van der Waals surface area contributed by atoms with E-state index in [2.05, 4.69) is 22.2 Å². The van der Waals surface area contributed by atoms with Crippen LogP contribution in [0.5, 0.6) is 0 Å². The van der Waals surface area contributed by atoms with E-state index in [-0.39, 0.29) is 10.0 Å². The number of aryl methyl sites for hydroxylation is 1. The van der Waals surface area contributed by atoms with E-state index in [0.29, 0.717) is 6.54 Å². The molecule has 0 aliphatic heterocycles. The largest absolute Gasteiger partial charge is 0.358 e. The van der Waals surface area contributed by atoms with Crippen LogP contribution in [0.15, 0.2) is 41.8 Å². The minimum Gasteiger partial charge on any atom is -0.358 e. The van der Waals surface area contributed by atoms with Crippen LogP contribution in [0.1, 0.15) is 5.56 Å². The van der Waals surface area contributed by atoms with Gasteiger partial charge in [0.1, 0.15) is 0 Å². The van der Waals surface area contributed by atoms with E-state index in [9.17, 15) is 8.42 Å². The van der Waals surface area contributed by atoms with Crippen molar-refractivity contribution < 1.29 is 8.42 Å². The van der Waals surface area contributed by atoms with Gasteiger partial charge in [0.15, 0.2) is 5.11 Å². The molecule has 0 amide bonds. The van der Waals surface area contributed by atoms with E-state index in [1.165, 1.54) is 12.1 Å². The van der Waals surface area contributed by atoms with Gasteiger partial charge in [-0.2, -0.15) is 0 Å². The molecule has 1 aromatic carbocycles. The molecule has 18 heavy (non-hydrogen) atoms. The van der Waals surface area contributed by atoms with Gasteiger partial charge < -0.3 is 5.32 Å². The van der Waals surface area contributed by atoms with Crippen LogP contribution < -0.4 is 15.6 Å². The maximum atomic E-state index is 11.8. The van der Waals surface area contributed by atoms with Gasteiger partial charge in [-0.25, -0.2) is 8.42 Å². The van der Waals surface area contributed by atoms with Crippen molar-refractivity contribution in [2.45, 2.75) is 11.8 Å². The first-order chi connectivity index (χ1) is 8.45. The first-order valence-electron chi connectivity index (χ1n) is 5.19. The lowest BCUT2D eigenvalue weighted by molar-refractivity contribution is 0.577. The van der Waals surface area contributed by atoms with E-state index >= 15 is 0 Å². The minimum atomic E-state index is -3.61. The Balaban J connectivity index is 2.62. The van der Waals surface area contributed by atoms with Crippen molar-refractivity contribution in [2.24, 2.45) is 0 Å². The van der Waals surface area contributed by atoms with Crippen molar-refractivity contribution in [3.63, 3.8) is 0 Å². The Morgan fingerprint density at radius 3 is 2.56 bits per heavy atom. The molecule has 98 valence electrons. The van der Waals surface area contributed by atoms with Gasteiger partial charge in [0.05, 0.1) is 4.90 Å². The summed E-state index contributed by atoms with van der Waals surface area (Å²) in [5, 5.41) is 2.93. The van der Waals surface area contributed by atoms with Crippen molar-refractivity contribution in [3.8, 4) is 0 Å². The third kappa shape index (κ3) is 4.44. The summed E-state index contributed by atoms with van der Waals surface area (Å²) >= 11 is 4.86. The van der Waals surface area contributed by atoms with Crippen molar-refractivity contribution >= 4 is 27.4 Å². The van der Waals surface area contributed by atoms with Gasteiger partial charge in [0, 0.05) is 6.54 Å². The monoisotopic (exact) mass is 285 g/mol. The zero-order valence-corrected chi connectivity index (χ0v) is 11.6. The fourth-order valence-electron chi connectivity index (χ4n) is 1.10. The molecule has 0 saturated carbocycles. The molecule has 0 aliphatic carbocycles. The van der Waals surface area contributed by atoms with Crippen LogP contribution in [0.3, 0.4) is 0 Å². The SMILES string of the molecule is C=CCNC(=S)NNS(=O)(=O)c1ccc(C)cc1. The fraction of sp³-hybridized carbons (Fsp3) is 0.182. The summed E-state index contributed by atoms with van der Waals surface area (Å²) < 4.78 is 23.7. The van der Waals surface area contributed by atoms with Gasteiger partial charge in [-0.15, -0.1) is 11.4 Å². The summed E-state index contributed by atoms with van der Waals surface area (Å²) in [7, 11) is -3.61. The van der Waals surface area contributed by atoms with E-state index in [1.807, 2.05) is 6.92 Å². The molecule has 0 unspecified atom stereocenters. The predicted octanol–water partition coefficient (Wildman–Crippen LogP) is 0.838. The molecular formula is C11H15N3O2S2. The van der Waals surface area contributed by atoms with Gasteiger partial charge in [-0.05, 0) is 31.3 Å². The molecule has 0 radical (unpaired) electrons. The highest BCUT2D eigenvalue weighted by atomic mass is 32.2. The zero-order valence-electron chi connectivity index (χ0n) is 9.93. The standard InChI is InChI=1S/C11H15N3O2S2/c1-3-8-12-11(17)13-14-18(15,16)10-6-4-9(2)5-7-10/h3-7,14H,1,8H2,2H3,(H2,12,13,17). The van der Waals surface area contributed by atoms with Gasteiger partial charge in [-0.3, -0.25) is 5.43 Å². The van der Waals surface area contributed by atoms with Gasteiger partial charge in [0.25, 0.3) is 10.0 Å². The maximum absolute atomic E-state index is 11.8. The Kier molecular flexibility index (Phi) is 5.26. The summed E-state index contributed by atoms with van der Waals surface area (Å²) in [6.07, 6.45) is 1.61. The predicted molar refractivity (Wildman–Crippen MR) is 75.4 cm³/mol. The first-order valence-corrected chi connectivity index (χ1v) is 7.08. The van der Waals surface area contributed by atoms with Crippen LogP contribution in [0, 0.1) is 6.92 Å². The van der Waals surface area contributed by atoms with Crippen LogP contribution >= 0.6 is 12.2 Å². The highest BCUT2D eigenvalue weighted by molar-refractivity contribution is 7.89. The average molecular weight is 285 g/mol. The molecule has 0 atom stereocenters. The van der Waals surface area contributed by atoms with Gasteiger partial charge >= 0.3 is 0 Å². The van der Waals surface area contributed by atoms with Crippen LogP contribution in [-0.2, 0) is 10.0 Å². The summed E-state index contributed by atoms with van der Waals surface area (Å²) in [5.74, 6) is 0. The Morgan fingerprint density at radius 1 is 1.39 bits per heavy atom. The second-order valence-electron chi connectivity index (χ2n) is 3.54. The van der Waals surface area contributed by atoms with E-state index in [1.54, 1.807) is 18.2 Å². The molecule has 0 aliphatic rings. The van der Waals surface area contributed by atoms with E-state index in [4.69, 9.17) is 12.2 Å². The Labute approximate surface area is 112 Å². The summed E-state index contributed by atoms with van der Waals surface area (Å²) in [6.45, 7) is 5.85. The number of hydrazine groups is 1. The Morgan fingerprint density at radius 2 is 2.00 bits per heavy atom. The smallest absolute Gasteiger partial charge is 0.257 e. The van der Waals surface area contributed by atoms with Crippen molar-refractivity contribution in [3.05, 3.63) is 42.5 Å². The molecule has 0 saturated heterocycles. The second kappa shape index (κ2) is 6.48. The molecule has 3 N–H and O–H groups in total. The molecule has 1 rings (SSSR count). The van der Waals surface area contributed by atoms with Crippen molar-refractivity contribution in [1.82, 2.24) is 15.6 Å². The molecule has 0 bridgehead atoms. The summed E-state index contributed by atoms with van der Waals surface area (Å²) in [4.78, 5) is 2.36. The number of hydrogen-bond donors (Lipinski definition) is 3. The third-order valence-electron chi connectivity index (χ3n) is 2.04. The average Bonchev–Trinajstić information content (AvgIpc) is 2.34. The highest BCUT2D eigenvalue weighted by Crippen LogP contribution is 2.08. The number of benzene rings is 1. The normalized spacial score (nSPS) is 10.7. The van der Waals surface area contributed by atoms with Gasteiger partial charge in [0.2, 0.25) is 0 Å². The van der Waals surface area contributed by atoms with Crippen molar-refractivity contribution in [2.75, 3.05) is 6.54 Å². The topological polar surface area (TPSA) is 70.2 Å². The highest BCUT2D eigenvalue weighted by Gasteiger charge is 2.13.